The Balaban J connectivity index is 2.06. The van der Waals surface area contributed by atoms with Gasteiger partial charge >= 0.3 is 0 Å². The molecule has 0 fully saturated rings. The quantitative estimate of drug-likeness (QED) is 0.140. The van der Waals surface area contributed by atoms with E-state index in [1.165, 1.54) is 44.0 Å². The molecule has 60 heavy (non-hydrogen) atoms. The van der Waals surface area contributed by atoms with Crippen molar-refractivity contribution in [3.05, 3.63) is 129 Å². The lowest BCUT2D eigenvalue weighted by molar-refractivity contribution is 0.553. The summed E-state index contributed by atoms with van der Waals surface area (Å²) < 4.78 is 0. The average Bonchev–Trinajstić information content (AvgIpc) is 3.12. The molecule has 0 atom stereocenters. The second-order valence-corrected chi connectivity index (χ2v) is 24.2. The van der Waals surface area contributed by atoms with Gasteiger partial charge in [-0.2, -0.15) is 0 Å². The van der Waals surface area contributed by atoms with Crippen molar-refractivity contribution >= 4 is 37.6 Å². The molecule has 0 nitrogen and oxygen atoms in total. The lowest BCUT2D eigenvalue weighted by Crippen LogP contribution is -2.30. The molecule has 0 aliphatic carbocycles. The van der Waals surface area contributed by atoms with Gasteiger partial charge in [0.05, 0.1) is 0 Å². The number of hydrogen-bond donors (Lipinski definition) is 0. The fourth-order valence-corrected chi connectivity index (χ4v) is 9.52. The van der Waals surface area contributed by atoms with Crippen molar-refractivity contribution in [3.63, 3.8) is 0 Å². The van der Waals surface area contributed by atoms with E-state index in [9.17, 15) is 0 Å². The molecule has 0 spiro atoms. The van der Waals surface area contributed by atoms with E-state index in [1.807, 2.05) is 60.7 Å². The first-order valence-electron chi connectivity index (χ1n) is 21.3. The standard InChI is InChI=1S/C58H68P2/c1-53(2,3)43-37-47(55(7,8)9)51(48(38-43)56(10,11)12)59-45(35-33-41-27-21-19-22-28-41)31-25-26-32-46(36-34-42-29-23-20-24-30-42)60-52-49(57(13,14)15)39-44(54(4,5)6)40-50(52)58(16,17)18/h19-24,27-30,37-40H,1-18H3. The maximum absolute atomic E-state index is 3.50. The molecule has 4 aromatic carbocycles. The average molecular weight is 827 g/mol. The van der Waals surface area contributed by atoms with E-state index < -0.39 is 0 Å². The van der Waals surface area contributed by atoms with Gasteiger partial charge in [-0.15, -0.1) is 0 Å². The maximum Gasteiger partial charge on any atom is 0.103 e. The van der Waals surface area contributed by atoms with Gasteiger partial charge in [-0.1, -0.05) is 197 Å². The topological polar surface area (TPSA) is 0 Å². The minimum absolute atomic E-state index is 0.0113. The van der Waals surface area contributed by atoms with Crippen LogP contribution in [0, 0.1) is 47.4 Å². The maximum atomic E-state index is 3.50. The first kappa shape index (κ1) is 48.1. The summed E-state index contributed by atoms with van der Waals surface area (Å²) in [5.74, 6) is 27.3. The molecule has 0 aliphatic rings. The number of benzene rings is 4. The predicted molar refractivity (Wildman–Crippen MR) is 270 cm³/mol. The lowest BCUT2D eigenvalue weighted by atomic mass is 9.75. The van der Waals surface area contributed by atoms with Crippen LogP contribution < -0.4 is 10.6 Å². The zero-order valence-corrected chi connectivity index (χ0v) is 41.8. The summed E-state index contributed by atoms with van der Waals surface area (Å²) >= 11 is 0. The van der Waals surface area contributed by atoms with E-state index in [2.05, 4.69) is 196 Å². The van der Waals surface area contributed by atoms with Crippen molar-refractivity contribution in [1.82, 2.24) is 0 Å². The molecule has 0 aromatic heterocycles. The molecule has 0 amide bonds. The van der Waals surface area contributed by atoms with Crippen molar-refractivity contribution in [3.8, 4) is 47.4 Å². The Kier molecular flexibility index (Phi) is 14.9. The minimum atomic E-state index is -0.0853. The van der Waals surface area contributed by atoms with Gasteiger partial charge in [0.2, 0.25) is 0 Å². The summed E-state index contributed by atoms with van der Waals surface area (Å²) in [6.45, 7) is 41.6. The molecular weight excluding hydrogens is 759 g/mol. The molecule has 0 unspecified atom stereocenters. The van der Waals surface area contributed by atoms with E-state index in [4.69, 9.17) is 0 Å². The Morgan fingerprint density at radius 2 is 0.617 bits per heavy atom. The van der Waals surface area contributed by atoms with Crippen LogP contribution in [0.25, 0.3) is 0 Å². The molecule has 310 valence electrons. The zero-order chi connectivity index (χ0) is 44.9. The minimum Gasteiger partial charge on any atom is -0.0622 e. The third-order valence-electron chi connectivity index (χ3n) is 10.3. The molecule has 4 rings (SSSR count). The van der Waals surface area contributed by atoms with Crippen molar-refractivity contribution in [2.45, 2.75) is 157 Å². The van der Waals surface area contributed by atoms with Gasteiger partial charge in [-0.05, 0) is 142 Å². The number of hydrogen-bond acceptors (Lipinski definition) is 0. The summed E-state index contributed by atoms with van der Waals surface area (Å²) in [7, 11) is 1.96. The SMILES string of the molecule is CC(C)(C)c1cc(C(C)(C)C)c(P=C(C#CC#CC(C#Cc2ccccc2)=Pc2c(C(C)(C)C)cc(C(C)(C)C)cc2C(C)(C)C)C#Cc2ccccc2)c(C(C)(C)C)c1. The van der Waals surface area contributed by atoms with E-state index in [-0.39, 0.29) is 32.5 Å². The molecule has 0 heterocycles. The van der Waals surface area contributed by atoms with Crippen LogP contribution in [0.15, 0.2) is 84.9 Å². The molecule has 0 saturated heterocycles. The predicted octanol–water partition coefficient (Wildman–Crippen LogP) is 13.8. The Morgan fingerprint density at radius 3 is 0.850 bits per heavy atom. The van der Waals surface area contributed by atoms with Crippen LogP contribution in [0.5, 0.6) is 0 Å². The van der Waals surface area contributed by atoms with E-state index >= 15 is 0 Å². The largest absolute Gasteiger partial charge is 0.103 e. The first-order chi connectivity index (χ1) is 27.5. The Labute approximate surface area is 369 Å². The van der Waals surface area contributed by atoms with Crippen LogP contribution >= 0.6 is 16.4 Å². The molecule has 4 aromatic rings. The lowest BCUT2D eigenvalue weighted by Gasteiger charge is -2.32. The van der Waals surface area contributed by atoms with Gasteiger partial charge < -0.3 is 0 Å². The van der Waals surface area contributed by atoms with Gasteiger partial charge in [0.25, 0.3) is 0 Å². The zero-order valence-electron chi connectivity index (χ0n) is 40.0. The van der Waals surface area contributed by atoms with Crippen LogP contribution in [0.2, 0.25) is 0 Å². The molecule has 0 saturated carbocycles. The van der Waals surface area contributed by atoms with Crippen molar-refractivity contribution in [1.29, 1.82) is 0 Å². The second kappa shape index (κ2) is 18.6. The fourth-order valence-electron chi connectivity index (χ4n) is 6.55. The van der Waals surface area contributed by atoms with E-state index in [0.29, 0.717) is 0 Å². The third kappa shape index (κ3) is 13.5. The molecule has 0 aliphatic heterocycles. The molecule has 0 radical (unpaired) electrons. The molecular formula is C58H68P2. The van der Waals surface area contributed by atoms with Crippen LogP contribution in [0.1, 0.15) is 169 Å². The van der Waals surface area contributed by atoms with Gasteiger partial charge in [-0.3, -0.25) is 0 Å². The summed E-state index contributed by atoms with van der Waals surface area (Å²) in [6.07, 6.45) is 0. The van der Waals surface area contributed by atoms with Gasteiger partial charge in [-0.25, -0.2) is 0 Å². The smallest absolute Gasteiger partial charge is 0.0622 e. The second-order valence-electron chi connectivity index (χ2n) is 22.0. The van der Waals surface area contributed by atoms with Crippen molar-refractivity contribution in [2.24, 2.45) is 0 Å². The van der Waals surface area contributed by atoms with Crippen molar-refractivity contribution in [2.75, 3.05) is 0 Å². The highest BCUT2D eigenvalue weighted by molar-refractivity contribution is 7.51. The van der Waals surface area contributed by atoms with E-state index in [0.717, 1.165) is 38.1 Å². The summed E-state index contributed by atoms with van der Waals surface area (Å²) in [6, 6.07) is 30.0. The molecule has 0 N–H and O–H groups in total. The summed E-state index contributed by atoms with van der Waals surface area (Å²) in [4.78, 5) is 0. The van der Waals surface area contributed by atoms with Crippen LogP contribution in [-0.4, -0.2) is 10.6 Å². The molecule has 0 bridgehead atoms. The Morgan fingerprint density at radius 1 is 0.350 bits per heavy atom. The highest BCUT2D eigenvalue weighted by atomic mass is 31.1. The molecule has 2 heteroatoms. The first-order valence-corrected chi connectivity index (χ1v) is 23.1. The third-order valence-corrected chi connectivity index (χ3v) is 12.6. The van der Waals surface area contributed by atoms with Crippen LogP contribution in [0.3, 0.4) is 0 Å². The van der Waals surface area contributed by atoms with Gasteiger partial charge in [0.15, 0.2) is 0 Å². The fraction of sp³-hybridized carbons (Fsp3) is 0.414. The Bertz CT molecular complexity index is 2250. The van der Waals surface area contributed by atoms with Gasteiger partial charge in [0.1, 0.15) is 10.6 Å². The van der Waals surface area contributed by atoms with Gasteiger partial charge in [0, 0.05) is 21.7 Å². The summed E-state index contributed by atoms with van der Waals surface area (Å²) in [5.41, 5.74) is 9.63. The number of rotatable bonds is 2. The highest BCUT2D eigenvalue weighted by Gasteiger charge is 2.30. The normalized spacial score (nSPS) is 12.8. The summed E-state index contributed by atoms with van der Waals surface area (Å²) in [5, 5.41) is 4.21. The van der Waals surface area contributed by atoms with Crippen LogP contribution in [0.4, 0.5) is 0 Å². The monoisotopic (exact) mass is 826 g/mol. The van der Waals surface area contributed by atoms with Crippen LogP contribution in [-0.2, 0) is 32.5 Å². The van der Waals surface area contributed by atoms with E-state index in [1.54, 1.807) is 0 Å². The van der Waals surface area contributed by atoms with Crippen molar-refractivity contribution < 1.29 is 0 Å². The highest BCUT2D eigenvalue weighted by Crippen LogP contribution is 2.37. The Hall–Kier alpha value is -4.54.